The number of amides is 2. The van der Waals surface area contributed by atoms with Crippen LogP contribution in [0.4, 0.5) is 11.4 Å². The lowest BCUT2D eigenvalue weighted by Gasteiger charge is -2.12. The lowest BCUT2D eigenvalue weighted by molar-refractivity contribution is -0.118. The fraction of sp³-hybridized carbons (Fsp3) is 0.300. The Morgan fingerprint density at radius 3 is 2.44 bits per heavy atom. The van der Waals surface area contributed by atoms with Crippen molar-refractivity contribution < 1.29 is 14.3 Å². The highest BCUT2D eigenvalue weighted by molar-refractivity contribution is 5.96. The van der Waals surface area contributed by atoms with Gasteiger partial charge in [0.25, 0.3) is 5.91 Å². The number of aryl methyl sites for hydroxylation is 2. The molecule has 130 valence electrons. The third-order valence-electron chi connectivity index (χ3n) is 4.12. The number of ether oxygens (including phenoxy) is 1. The van der Waals surface area contributed by atoms with Crippen molar-refractivity contribution in [2.24, 2.45) is 5.92 Å². The zero-order valence-electron chi connectivity index (χ0n) is 14.5. The first-order chi connectivity index (χ1) is 12.0. The highest BCUT2D eigenvalue weighted by atomic mass is 16.5. The molecule has 2 amide bonds. The fourth-order valence-corrected chi connectivity index (χ4v) is 2.39. The van der Waals surface area contributed by atoms with Gasteiger partial charge in [-0.25, -0.2) is 0 Å². The van der Waals surface area contributed by atoms with Gasteiger partial charge in [-0.1, -0.05) is 23.8 Å². The Bertz CT molecular complexity index is 780. The SMILES string of the molecule is Cc1ccc(OCC(=O)Nc2cc(NC(=O)C3CC3)ccc2C)cc1. The van der Waals surface area contributed by atoms with Gasteiger partial charge in [0, 0.05) is 17.3 Å². The first-order valence-electron chi connectivity index (χ1n) is 8.42. The van der Waals surface area contributed by atoms with Crippen molar-refractivity contribution in [3.63, 3.8) is 0 Å². The van der Waals surface area contributed by atoms with Gasteiger partial charge >= 0.3 is 0 Å². The monoisotopic (exact) mass is 338 g/mol. The van der Waals surface area contributed by atoms with Crippen LogP contribution >= 0.6 is 0 Å². The lowest BCUT2D eigenvalue weighted by atomic mass is 10.1. The van der Waals surface area contributed by atoms with E-state index in [1.54, 1.807) is 6.07 Å². The Hall–Kier alpha value is -2.82. The summed E-state index contributed by atoms with van der Waals surface area (Å²) in [6.45, 7) is 3.83. The van der Waals surface area contributed by atoms with E-state index in [0.29, 0.717) is 17.1 Å². The van der Waals surface area contributed by atoms with E-state index in [2.05, 4.69) is 10.6 Å². The average Bonchev–Trinajstić information content (AvgIpc) is 3.42. The van der Waals surface area contributed by atoms with Gasteiger partial charge in [0.2, 0.25) is 5.91 Å². The maximum absolute atomic E-state index is 12.1. The molecule has 1 fully saturated rings. The third kappa shape index (κ3) is 4.83. The van der Waals surface area contributed by atoms with E-state index in [1.165, 1.54) is 0 Å². The van der Waals surface area contributed by atoms with Crippen LogP contribution in [0.3, 0.4) is 0 Å². The van der Waals surface area contributed by atoms with Crippen molar-refractivity contribution in [2.75, 3.05) is 17.2 Å². The molecule has 0 radical (unpaired) electrons. The largest absolute Gasteiger partial charge is 0.484 e. The van der Waals surface area contributed by atoms with E-state index in [4.69, 9.17) is 4.74 Å². The molecule has 5 heteroatoms. The fourth-order valence-electron chi connectivity index (χ4n) is 2.39. The quantitative estimate of drug-likeness (QED) is 0.844. The molecule has 3 rings (SSSR count). The number of hydrogen-bond donors (Lipinski definition) is 2. The maximum Gasteiger partial charge on any atom is 0.262 e. The van der Waals surface area contributed by atoms with Crippen LogP contribution in [0.15, 0.2) is 42.5 Å². The van der Waals surface area contributed by atoms with Gasteiger partial charge in [0.05, 0.1) is 0 Å². The predicted octanol–water partition coefficient (Wildman–Crippen LogP) is 3.67. The molecule has 1 aliphatic carbocycles. The molecule has 0 bridgehead atoms. The van der Waals surface area contributed by atoms with Crippen LogP contribution < -0.4 is 15.4 Å². The lowest BCUT2D eigenvalue weighted by Crippen LogP contribution is -2.21. The second-order valence-electron chi connectivity index (χ2n) is 6.44. The molecule has 1 saturated carbocycles. The summed E-state index contributed by atoms with van der Waals surface area (Å²) >= 11 is 0. The van der Waals surface area contributed by atoms with E-state index in [9.17, 15) is 9.59 Å². The van der Waals surface area contributed by atoms with Crippen LogP contribution in [0.25, 0.3) is 0 Å². The predicted molar refractivity (Wildman–Crippen MR) is 97.8 cm³/mol. The number of rotatable bonds is 6. The number of nitrogens with one attached hydrogen (secondary N) is 2. The highest BCUT2D eigenvalue weighted by Crippen LogP contribution is 2.30. The van der Waals surface area contributed by atoms with Crippen molar-refractivity contribution in [2.45, 2.75) is 26.7 Å². The first-order valence-corrected chi connectivity index (χ1v) is 8.42. The molecule has 2 aromatic carbocycles. The molecule has 0 unspecified atom stereocenters. The Morgan fingerprint density at radius 2 is 1.76 bits per heavy atom. The molecular weight excluding hydrogens is 316 g/mol. The molecule has 25 heavy (non-hydrogen) atoms. The normalized spacial score (nSPS) is 13.2. The second-order valence-corrected chi connectivity index (χ2v) is 6.44. The molecule has 0 aliphatic heterocycles. The number of benzene rings is 2. The molecule has 2 aromatic rings. The molecule has 0 atom stereocenters. The van der Waals surface area contributed by atoms with E-state index >= 15 is 0 Å². The van der Waals surface area contributed by atoms with E-state index in [0.717, 1.165) is 24.0 Å². The average molecular weight is 338 g/mol. The summed E-state index contributed by atoms with van der Waals surface area (Å²) in [6, 6.07) is 13.0. The Morgan fingerprint density at radius 1 is 1.04 bits per heavy atom. The summed E-state index contributed by atoms with van der Waals surface area (Å²) in [6.07, 6.45) is 1.91. The highest BCUT2D eigenvalue weighted by Gasteiger charge is 2.29. The van der Waals surface area contributed by atoms with Crippen molar-refractivity contribution in [3.05, 3.63) is 53.6 Å². The van der Waals surface area contributed by atoms with Crippen LogP contribution in [0.5, 0.6) is 5.75 Å². The van der Waals surface area contributed by atoms with E-state index in [-0.39, 0.29) is 24.3 Å². The second kappa shape index (κ2) is 7.38. The molecule has 0 aromatic heterocycles. The standard InChI is InChI=1S/C20H22N2O3/c1-13-3-9-17(10-4-13)25-12-19(23)22-18-11-16(8-5-14(18)2)21-20(24)15-6-7-15/h3-5,8-11,15H,6-7,12H2,1-2H3,(H,21,24)(H,22,23). The van der Waals surface area contributed by atoms with E-state index in [1.807, 2.05) is 50.2 Å². The smallest absolute Gasteiger partial charge is 0.262 e. The minimum absolute atomic E-state index is 0.0452. The Kier molecular flexibility index (Phi) is 5.03. The van der Waals surface area contributed by atoms with Gasteiger partial charge < -0.3 is 15.4 Å². The minimum atomic E-state index is -0.241. The van der Waals surface area contributed by atoms with Crippen LogP contribution in [-0.4, -0.2) is 18.4 Å². The van der Waals surface area contributed by atoms with Crippen LogP contribution in [0.1, 0.15) is 24.0 Å². The summed E-state index contributed by atoms with van der Waals surface area (Å²) in [5, 5.41) is 5.72. The number of carbonyl (C=O) groups excluding carboxylic acids is 2. The summed E-state index contributed by atoms with van der Waals surface area (Å²) in [4.78, 5) is 24.0. The third-order valence-corrected chi connectivity index (χ3v) is 4.12. The van der Waals surface area contributed by atoms with Crippen molar-refractivity contribution >= 4 is 23.2 Å². The minimum Gasteiger partial charge on any atom is -0.484 e. The number of anilines is 2. The van der Waals surface area contributed by atoms with Crippen molar-refractivity contribution in [1.82, 2.24) is 0 Å². The first kappa shape index (κ1) is 17.0. The maximum atomic E-state index is 12.1. The van der Waals surface area contributed by atoms with Gasteiger partial charge in [-0.3, -0.25) is 9.59 Å². The molecule has 5 nitrogen and oxygen atoms in total. The Labute approximate surface area is 147 Å². The molecule has 2 N–H and O–H groups in total. The van der Waals surface area contributed by atoms with Gasteiger partial charge in [0.1, 0.15) is 5.75 Å². The van der Waals surface area contributed by atoms with Crippen LogP contribution in [0.2, 0.25) is 0 Å². The van der Waals surface area contributed by atoms with E-state index < -0.39 is 0 Å². The van der Waals surface area contributed by atoms with Gasteiger partial charge in [0.15, 0.2) is 6.61 Å². The molecule has 0 spiro atoms. The molecule has 0 saturated heterocycles. The van der Waals surface area contributed by atoms with Crippen molar-refractivity contribution in [1.29, 1.82) is 0 Å². The van der Waals surface area contributed by atoms with Crippen molar-refractivity contribution in [3.8, 4) is 5.75 Å². The molecular formula is C20H22N2O3. The number of hydrogen-bond acceptors (Lipinski definition) is 3. The summed E-state index contributed by atoms with van der Waals surface area (Å²) in [7, 11) is 0. The Balaban J connectivity index is 1.57. The summed E-state index contributed by atoms with van der Waals surface area (Å²) < 4.78 is 5.49. The zero-order valence-corrected chi connectivity index (χ0v) is 14.5. The van der Waals surface area contributed by atoms with Gasteiger partial charge in [-0.2, -0.15) is 0 Å². The van der Waals surface area contributed by atoms with Gasteiger partial charge in [-0.05, 0) is 56.5 Å². The molecule has 1 aliphatic rings. The topological polar surface area (TPSA) is 67.4 Å². The summed E-state index contributed by atoms with van der Waals surface area (Å²) in [5.74, 6) is 0.600. The molecule has 0 heterocycles. The van der Waals surface area contributed by atoms with Gasteiger partial charge in [-0.15, -0.1) is 0 Å². The van der Waals surface area contributed by atoms with Crippen LogP contribution in [-0.2, 0) is 9.59 Å². The zero-order chi connectivity index (χ0) is 17.8. The van der Waals surface area contributed by atoms with Crippen LogP contribution in [0, 0.1) is 19.8 Å². The number of carbonyl (C=O) groups is 2. The summed E-state index contributed by atoms with van der Waals surface area (Å²) in [5.41, 5.74) is 3.42.